The van der Waals surface area contributed by atoms with Crippen molar-refractivity contribution in [3.63, 3.8) is 0 Å². The molecule has 5 heteroatoms. The number of aliphatic hydroxyl groups is 1. The van der Waals surface area contributed by atoms with Crippen LogP contribution >= 0.6 is 0 Å². The number of rotatable bonds is 6. The van der Waals surface area contributed by atoms with Crippen molar-refractivity contribution < 1.29 is 5.11 Å². The average molecular weight is 311 g/mol. The van der Waals surface area contributed by atoms with Gasteiger partial charge in [-0.3, -0.25) is 4.79 Å². The van der Waals surface area contributed by atoms with Gasteiger partial charge in [-0.2, -0.15) is 0 Å². The lowest BCUT2D eigenvalue weighted by Crippen LogP contribution is -2.12. The fourth-order valence-electron chi connectivity index (χ4n) is 2.80. The topological polar surface area (TPSA) is 70.9 Å². The second kappa shape index (κ2) is 6.79. The van der Waals surface area contributed by atoms with E-state index < -0.39 is 0 Å². The van der Waals surface area contributed by atoms with Crippen molar-refractivity contribution in [1.29, 1.82) is 0 Å². The van der Waals surface area contributed by atoms with Crippen molar-refractivity contribution >= 4 is 10.9 Å². The van der Waals surface area contributed by atoms with Crippen molar-refractivity contribution in [1.82, 2.24) is 14.5 Å². The van der Waals surface area contributed by atoms with Crippen LogP contribution in [0, 0.1) is 6.92 Å². The quantitative estimate of drug-likeness (QED) is 0.688. The van der Waals surface area contributed by atoms with Gasteiger partial charge in [-0.15, -0.1) is 0 Å². The summed E-state index contributed by atoms with van der Waals surface area (Å²) < 4.78 is 2.00. The Hall–Kier alpha value is -2.40. The number of aliphatic hydroxyl groups excluding tert-OH is 1. The zero-order valence-electron chi connectivity index (χ0n) is 13.2. The molecule has 0 radical (unpaired) electrons. The first-order valence-corrected chi connectivity index (χ1v) is 7.95. The molecular formula is C18H21N3O2. The zero-order valence-corrected chi connectivity index (χ0v) is 13.2. The van der Waals surface area contributed by atoms with Crippen molar-refractivity contribution in [3.8, 4) is 11.4 Å². The van der Waals surface area contributed by atoms with E-state index in [-0.39, 0.29) is 12.2 Å². The standard InChI is InChI=1S/C18H21N3O2/c1-13-5-6-16-14(11-13)12-15(18(23)20-16)17-19-7-9-21(17)8-3-2-4-10-22/h5-7,9,11-12,22H,2-4,8,10H2,1H3,(H,20,23). The van der Waals surface area contributed by atoms with E-state index in [9.17, 15) is 4.79 Å². The largest absolute Gasteiger partial charge is 0.396 e. The van der Waals surface area contributed by atoms with Crippen LogP contribution < -0.4 is 5.56 Å². The van der Waals surface area contributed by atoms with Gasteiger partial charge in [0.2, 0.25) is 0 Å². The summed E-state index contributed by atoms with van der Waals surface area (Å²) in [6.45, 7) is 3.05. The minimum Gasteiger partial charge on any atom is -0.396 e. The Morgan fingerprint density at radius 1 is 1.22 bits per heavy atom. The first-order chi connectivity index (χ1) is 11.2. The van der Waals surface area contributed by atoms with E-state index in [0.29, 0.717) is 11.4 Å². The number of pyridine rings is 1. The molecule has 0 aliphatic carbocycles. The molecule has 0 bridgehead atoms. The molecule has 23 heavy (non-hydrogen) atoms. The van der Waals surface area contributed by atoms with Crippen molar-refractivity contribution in [2.75, 3.05) is 6.61 Å². The highest BCUT2D eigenvalue weighted by molar-refractivity contribution is 5.83. The number of aromatic amines is 1. The van der Waals surface area contributed by atoms with Crippen molar-refractivity contribution in [3.05, 3.63) is 52.6 Å². The van der Waals surface area contributed by atoms with Gasteiger partial charge in [0.05, 0.1) is 5.56 Å². The summed E-state index contributed by atoms with van der Waals surface area (Å²) in [5.74, 6) is 0.693. The second-order valence-electron chi connectivity index (χ2n) is 5.83. The first kappa shape index (κ1) is 15.5. The molecule has 0 saturated heterocycles. The van der Waals surface area contributed by atoms with Gasteiger partial charge >= 0.3 is 0 Å². The average Bonchev–Trinajstić information content (AvgIpc) is 2.99. The van der Waals surface area contributed by atoms with E-state index in [2.05, 4.69) is 16.0 Å². The fraction of sp³-hybridized carbons (Fsp3) is 0.333. The number of imidazole rings is 1. The number of hydrogen-bond acceptors (Lipinski definition) is 3. The maximum absolute atomic E-state index is 12.4. The number of benzene rings is 1. The van der Waals surface area contributed by atoms with Gasteiger partial charge in [0.25, 0.3) is 5.56 Å². The molecule has 0 aliphatic rings. The highest BCUT2D eigenvalue weighted by atomic mass is 16.2. The van der Waals surface area contributed by atoms with E-state index in [1.54, 1.807) is 6.20 Å². The third-order valence-electron chi connectivity index (χ3n) is 4.01. The van der Waals surface area contributed by atoms with Gasteiger partial charge in [-0.05, 0) is 49.8 Å². The van der Waals surface area contributed by atoms with Crippen LogP contribution in [0.4, 0.5) is 0 Å². The summed E-state index contributed by atoms with van der Waals surface area (Å²) in [7, 11) is 0. The van der Waals surface area contributed by atoms with Crippen LogP contribution in [0.5, 0.6) is 0 Å². The number of fused-ring (bicyclic) bond motifs is 1. The molecule has 0 unspecified atom stereocenters. The summed E-state index contributed by atoms with van der Waals surface area (Å²) in [6.07, 6.45) is 6.34. The normalized spacial score (nSPS) is 11.2. The summed E-state index contributed by atoms with van der Waals surface area (Å²) in [5.41, 5.74) is 2.47. The molecule has 2 aromatic heterocycles. The summed E-state index contributed by atoms with van der Waals surface area (Å²) in [6, 6.07) is 7.88. The minimum atomic E-state index is -0.121. The maximum Gasteiger partial charge on any atom is 0.259 e. The molecule has 0 amide bonds. The number of nitrogens with zero attached hydrogens (tertiary/aromatic N) is 2. The summed E-state index contributed by atoms with van der Waals surface area (Å²) in [5, 5.41) is 9.86. The molecular weight excluding hydrogens is 290 g/mol. The lowest BCUT2D eigenvalue weighted by atomic mass is 10.1. The van der Waals surface area contributed by atoms with Crippen molar-refractivity contribution in [2.45, 2.75) is 32.7 Å². The lowest BCUT2D eigenvalue weighted by Gasteiger charge is -2.08. The lowest BCUT2D eigenvalue weighted by molar-refractivity contribution is 0.282. The van der Waals surface area contributed by atoms with Crippen LogP contribution in [0.2, 0.25) is 0 Å². The molecule has 2 heterocycles. The van der Waals surface area contributed by atoms with E-state index in [0.717, 1.165) is 42.3 Å². The smallest absolute Gasteiger partial charge is 0.259 e. The van der Waals surface area contributed by atoms with Crippen LogP contribution in [-0.4, -0.2) is 26.2 Å². The van der Waals surface area contributed by atoms with Crippen LogP contribution in [0.3, 0.4) is 0 Å². The Kier molecular flexibility index (Phi) is 4.57. The van der Waals surface area contributed by atoms with Gasteiger partial charge < -0.3 is 14.7 Å². The molecule has 120 valence electrons. The molecule has 3 rings (SSSR count). The third kappa shape index (κ3) is 3.35. The highest BCUT2D eigenvalue weighted by Gasteiger charge is 2.11. The molecule has 0 aliphatic heterocycles. The minimum absolute atomic E-state index is 0.121. The van der Waals surface area contributed by atoms with Crippen LogP contribution in [0.15, 0.2) is 41.5 Å². The molecule has 5 nitrogen and oxygen atoms in total. The van der Waals surface area contributed by atoms with Gasteiger partial charge in [0.15, 0.2) is 0 Å². The molecule has 0 fully saturated rings. The number of aryl methyl sites for hydroxylation is 2. The summed E-state index contributed by atoms with van der Waals surface area (Å²) in [4.78, 5) is 19.7. The molecule has 0 saturated carbocycles. The Morgan fingerprint density at radius 3 is 2.91 bits per heavy atom. The van der Waals surface area contributed by atoms with E-state index in [1.165, 1.54) is 0 Å². The highest BCUT2D eigenvalue weighted by Crippen LogP contribution is 2.20. The Morgan fingerprint density at radius 2 is 2.09 bits per heavy atom. The monoisotopic (exact) mass is 311 g/mol. The van der Waals surface area contributed by atoms with E-state index in [1.807, 2.05) is 35.9 Å². The number of aromatic nitrogens is 3. The molecule has 2 N–H and O–H groups in total. The zero-order chi connectivity index (χ0) is 16.2. The van der Waals surface area contributed by atoms with Crippen molar-refractivity contribution in [2.24, 2.45) is 0 Å². The van der Waals surface area contributed by atoms with E-state index >= 15 is 0 Å². The van der Waals surface area contributed by atoms with Crippen LogP contribution in [0.25, 0.3) is 22.3 Å². The third-order valence-corrected chi connectivity index (χ3v) is 4.01. The van der Waals surface area contributed by atoms with Gasteiger partial charge in [-0.25, -0.2) is 4.98 Å². The molecule has 0 atom stereocenters. The number of unbranched alkanes of at least 4 members (excludes halogenated alkanes) is 2. The molecule has 0 spiro atoms. The van der Waals surface area contributed by atoms with E-state index in [4.69, 9.17) is 5.11 Å². The summed E-state index contributed by atoms with van der Waals surface area (Å²) >= 11 is 0. The SMILES string of the molecule is Cc1ccc2[nH]c(=O)c(-c3nccn3CCCCCO)cc2c1. The first-order valence-electron chi connectivity index (χ1n) is 7.95. The molecule has 3 aromatic rings. The second-order valence-corrected chi connectivity index (χ2v) is 5.83. The Balaban J connectivity index is 1.95. The van der Waals surface area contributed by atoms with Gasteiger partial charge in [0.1, 0.15) is 5.82 Å². The number of H-pyrrole nitrogens is 1. The van der Waals surface area contributed by atoms with Gasteiger partial charge in [0, 0.05) is 31.1 Å². The number of nitrogens with one attached hydrogen (secondary N) is 1. The predicted molar refractivity (Wildman–Crippen MR) is 91.5 cm³/mol. The fourth-order valence-corrected chi connectivity index (χ4v) is 2.80. The Labute approximate surface area is 134 Å². The Bertz CT molecular complexity index is 864. The maximum atomic E-state index is 12.4. The van der Waals surface area contributed by atoms with Crippen LogP contribution in [-0.2, 0) is 6.54 Å². The molecule has 1 aromatic carbocycles. The number of hydrogen-bond donors (Lipinski definition) is 2. The predicted octanol–water partition coefficient (Wildman–Crippen LogP) is 2.86. The van der Waals surface area contributed by atoms with Crippen LogP contribution in [0.1, 0.15) is 24.8 Å². The van der Waals surface area contributed by atoms with Gasteiger partial charge in [-0.1, -0.05) is 11.6 Å².